The second-order valence-corrected chi connectivity index (χ2v) is 4.24. The Morgan fingerprint density at radius 1 is 1.12 bits per heavy atom. The predicted octanol–water partition coefficient (Wildman–Crippen LogP) is 4.09. The molecule has 0 aliphatic rings. The van der Waals surface area contributed by atoms with Crippen molar-refractivity contribution in [3.8, 4) is 0 Å². The molecule has 0 aromatic carbocycles. The minimum absolute atomic E-state index is 0.395. The minimum Gasteiger partial charge on any atom is -0.432 e. The highest BCUT2D eigenvalue weighted by Crippen LogP contribution is 2.12. The molecule has 102 valence electrons. The van der Waals surface area contributed by atoms with Gasteiger partial charge >= 0.3 is 6.16 Å². The molecule has 0 rings (SSSR count). The molecule has 0 saturated heterocycles. The number of hydrogen-bond acceptors (Lipinski definition) is 4. The lowest BCUT2D eigenvalue weighted by atomic mass is 10.0. The van der Waals surface area contributed by atoms with Gasteiger partial charge in [0.1, 0.15) is 0 Å². The highest BCUT2D eigenvalue weighted by atomic mass is 17.2. The van der Waals surface area contributed by atoms with Gasteiger partial charge in [0, 0.05) is 0 Å². The number of carbonyl (C=O) groups is 1. The molecule has 4 heteroatoms. The van der Waals surface area contributed by atoms with E-state index in [-0.39, 0.29) is 0 Å². The number of unbranched alkanes of at least 4 members (excludes halogenated alkanes) is 2. The molecule has 0 heterocycles. The van der Waals surface area contributed by atoms with Crippen LogP contribution in [0.5, 0.6) is 0 Å². The molecule has 0 aliphatic carbocycles. The molecule has 0 N–H and O–H groups in total. The van der Waals surface area contributed by atoms with E-state index in [2.05, 4.69) is 18.7 Å². The van der Waals surface area contributed by atoms with Crippen LogP contribution >= 0.6 is 0 Å². The smallest absolute Gasteiger partial charge is 0.432 e. The third kappa shape index (κ3) is 10.1. The molecule has 0 bridgehead atoms. The summed E-state index contributed by atoms with van der Waals surface area (Å²) in [5.74, 6) is 0.457. The molecule has 0 amide bonds. The lowest BCUT2D eigenvalue weighted by Crippen LogP contribution is -2.14. The maximum absolute atomic E-state index is 11.0. The molecule has 0 radical (unpaired) electrons. The Labute approximate surface area is 105 Å². The topological polar surface area (TPSA) is 44.8 Å². The van der Waals surface area contributed by atoms with Crippen LogP contribution < -0.4 is 0 Å². The fourth-order valence-corrected chi connectivity index (χ4v) is 1.40. The first-order chi connectivity index (χ1) is 8.24. The van der Waals surface area contributed by atoms with Crippen LogP contribution in [0, 0.1) is 5.92 Å². The second-order valence-electron chi connectivity index (χ2n) is 4.24. The van der Waals surface area contributed by atoms with Crippen LogP contribution in [0.15, 0.2) is 0 Å². The van der Waals surface area contributed by atoms with E-state index >= 15 is 0 Å². The van der Waals surface area contributed by atoms with Crippen LogP contribution in [-0.4, -0.2) is 19.4 Å². The van der Waals surface area contributed by atoms with Gasteiger partial charge in [-0.1, -0.05) is 46.5 Å². The highest BCUT2D eigenvalue weighted by Gasteiger charge is 2.09. The molecule has 17 heavy (non-hydrogen) atoms. The molecule has 0 saturated carbocycles. The zero-order valence-corrected chi connectivity index (χ0v) is 11.4. The first kappa shape index (κ1) is 16.2. The largest absolute Gasteiger partial charge is 0.540 e. The van der Waals surface area contributed by atoms with Crippen LogP contribution in [0.25, 0.3) is 0 Å². The summed E-state index contributed by atoms with van der Waals surface area (Å²) in [6.07, 6.45) is 5.62. The van der Waals surface area contributed by atoms with Gasteiger partial charge < -0.3 is 4.74 Å². The molecule has 0 aromatic rings. The van der Waals surface area contributed by atoms with Crippen molar-refractivity contribution in [2.24, 2.45) is 5.92 Å². The Balaban J connectivity index is 3.48. The summed E-state index contributed by atoms with van der Waals surface area (Å²) in [5.41, 5.74) is 0. The van der Waals surface area contributed by atoms with Crippen molar-refractivity contribution in [2.75, 3.05) is 13.2 Å². The predicted molar refractivity (Wildman–Crippen MR) is 66.6 cm³/mol. The summed E-state index contributed by atoms with van der Waals surface area (Å²) < 4.78 is 4.79. The Kier molecular flexibility index (Phi) is 11.2. The molecule has 1 unspecified atom stereocenters. The van der Waals surface area contributed by atoms with E-state index in [9.17, 15) is 4.79 Å². The summed E-state index contributed by atoms with van der Waals surface area (Å²) in [5, 5.41) is 0. The van der Waals surface area contributed by atoms with Gasteiger partial charge in [0.25, 0.3) is 0 Å². The minimum atomic E-state index is -0.733. The van der Waals surface area contributed by atoms with Crippen molar-refractivity contribution in [1.29, 1.82) is 0 Å². The van der Waals surface area contributed by atoms with Gasteiger partial charge in [0.2, 0.25) is 0 Å². The van der Waals surface area contributed by atoms with Crippen LogP contribution in [0.4, 0.5) is 4.79 Å². The summed E-state index contributed by atoms with van der Waals surface area (Å²) in [6.45, 7) is 7.16. The third-order valence-electron chi connectivity index (χ3n) is 2.69. The maximum atomic E-state index is 11.0. The number of hydrogen-bond donors (Lipinski definition) is 0. The summed E-state index contributed by atoms with van der Waals surface area (Å²) in [4.78, 5) is 20.5. The fraction of sp³-hybridized carbons (Fsp3) is 0.923. The van der Waals surface area contributed by atoms with E-state index < -0.39 is 6.16 Å². The highest BCUT2D eigenvalue weighted by molar-refractivity contribution is 5.58. The zero-order valence-electron chi connectivity index (χ0n) is 11.4. The quantitative estimate of drug-likeness (QED) is 0.252. The van der Waals surface area contributed by atoms with Crippen molar-refractivity contribution < 1.29 is 19.3 Å². The van der Waals surface area contributed by atoms with Crippen LogP contribution in [0.1, 0.15) is 59.3 Å². The summed E-state index contributed by atoms with van der Waals surface area (Å²) in [7, 11) is 0. The summed E-state index contributed by atoms with van der Waals surface area (Å²) >= 11 is 0. The summed E-state index contributed by atoms with van der Waals surface area (Å²) in [6, 6.07) is 0. The lowest BCUT2D eigenvalue weighted by Gasteiger charge is -2.13. The van der Waals surface area contributed by atoms with E-state index in [1.165, 1.54) is 12.8 Å². The Morgan fingerprint density at radius 3 is 2.41 bits per heavy atom. The van der Waals surface area contributed by atoms with Crippen LogP contribution in [-0.2, 0) is 14.5 Å². The normalized spacial score (nSPS) is 12.2. The van der Waals surface area contributed by atoms with Crippen LogP contribution in [0.3, 0.4) is 0 Å². The molecule has 0 spiro atoms. The van der Waals surface area contributed by atoms with Gasteiger partial charge in [0.05, 0.1) is 13.2 Å². The molecule has 1 atom stereocenters. The van der Waals surface area contributed by atoms with E-state index in [1.807, 2.05) is 6.92 Å². The van der Waals surface area contributed by atoms with Crippen molar-refractivity contribution in [3.05, 3.63) is 0 Å². The van der Waals surface area contributed by atoms with Gasteiger partial charge in [-0.15, -0.1) is 0 Å². The standard InChI is InChI=1S/C13H26O4/c1-4-7-9-12(6-3)11-16-17-13(14)15-10-8-5-2/h12H,4-11H2,1-3H3. The van der Waals surface area contributed by atoms with Crippen molar-refractivity contribution >= 4 is 6.16 Å². The molecule has 0 aromatic heterocycles. The molecule has 0 aliphatic heterocycles. The lowest BCUT2D eigenvalue weighted by molar-refractivity contribution is -0.262. The van der Waals surface area contributed by atoms with E-state index in [1.54, 1.807) is 0 Å². The number of carbonyl (C=O) groups excluding carboxylic acids is 1. The van der Waals surface area contributed by atoms with Gasteiger partial charge in [-0.05, 0) is 18.8 Å². The van der Waals surface area contributed by atoms with Gasteiger partial charge in [-0.25, -0.2) is 4.79 Å². The monoisotopic (exact) mass is 246 g/mol. The SMILES string of the molecule is CCCCOC(=O)OOCC(CC)CCCC. The van der Waals surface area contributed by atoms with Gasteiger partial charge in [-0.2, -0.15) is 4.89 Å². The second kappa shape index (κ2) is 11.7. The molecular weight excluding hydrogens is 220 g/mol. The Morgan fingerprint density at radius 2 is 1.82 bits per heavy atom. The molecular formula is C13H26O4. The van der Waals surface area contributed by atoms with E-state index in [0.717, 1.165) is 25.7 Å². The van der Waals surface area contributed by atoms with Crippen molar-refractivity contribution in [1.82, 2.24) is 0 Å². The van der Waals surface area contributed by atoms with Crippen molar-refractivity contribution in [2.45, 2.75) is 59.3 Å². The first-order valence-electron chi connectivity index (χ1n) is 6.70. The molecule has 0 fully saturated rings. The first-order valence-corrected chi connectivity index (χ1v) is 6.70. The zero-order chi connectivity index (χ0) is 12.9. The maximum Gasteiger partial charge on any atom is 0.540 e. The third-order valence-corrected chi connectivity index (χ3v) is 2.69. The van der Waals surface area contributed by atoms with Crippen molar-refractivity contribution in [3.63, 3.8) is 0 Å². The fourth-order valence-electron chi connectivity index (χ4n) is 1.40. The Hall–Kier alpha value is -0.770. The number of ether oxygens (including phenoxy) is 1. The number of rotatable bonds is 10. The van der Waals surface area contributed by atoms with Gasteiger partial charge in [-0.3, -0.25) is 4.89 Å². The molecule has 4 nitrogen and oxygen atoms in total. The van der Waals surface area contributed by atoms with E-state index in [4.69, 9.17) is 9.62 Å². The van der Waals surface area contributed by atoms with Crippen LogP contribution in [0.2, 0.25) is 0 Å². The van der Waals surface area contributed by atoms with E-state index in [0.29, 0.717) is 19.1 Å². The average molecular weight is 246 g/mol. The van der Waals surface area contributed by atoms with Gasteiger partial charge in [0.15, 0.2) is 0 Å². The average Bonchev–Trinajstić information content (AvgIpc) is 2.34. The Bertz CT molecular complexity index is 182.